The molecule has 1 aliphatic heterocycles. The summed E-state index contributed by atoms with van der Waals surface area (Å²) in [5.74, 6) is 2.76. The number of hydrogen-bond acceptors (Lipinski definition) is 2. The molecule has 4 heteroatoms. The molecular weight excluding hydrogens is 236 g/mol. The molecule has 0 aromatic rings. The third-order valence-electron chi connectivity index (χ3n) is 5.00. The van der Waals surface area contributed by atoms with Gasteiger partial charge in [0.2, 0.25) is 5.91 Å². The van der Waals surface area contributed by atoms with Crippen LogP contribution in [0.2, 0.25) is 0 Å². The fourth-order valence-corrected chi connectivity index (χ4v) is 3.61. The van der Waals surface area contributed by atoms with E-state index in [1.165, 1.54) is 25.7 Å². The van der Waals surface area contributed by atoms with E-state index >= 15 is 0 Å². The maximum Gasteiger partial charge on any atom is 0.223 e. The SMILES string of the molecule is CC(C(=O)NC1CC2CCC1C2)C1CNC1.Cl. The Balaban J connectivity index is 0.00000108. The van der Waals surface area contributed by atoms with Crippen molar-refractivity contribution in [3.05, 3.63) is 0 Å². The lowest BCUT2D eigenvalue weighted by atomic mass is 9.87. The standard InChI is InChI=1S/C13H22N2O.ClH/c1-8(11-6-14-7-11)13(16)15-12-5-9-2-3-10(12)4-9;/h8-12,14H,2-7H2,1H3,(H,15,16);1H. The number of carbonyl (C=O) groups is 1. The second-order valence-corrected chi connectivity index (χ2v) is 6.00. The Morgan fingerprint density at radius 1 is 1.29 bits per heavy atom. The summed E-state index contributed by atoms with van der Waals surface area (Å²) in [5.41, 5.74) is 0. The van der Waals surface area contributed by atoms with E-state index < -0.39 is 0 Å². The summed E-state index contributed by atoms with van der Waals surface area (Å²) in [4.78, 5) is 12.1. The van der Waals surface area contributed by atoms with Gasteiger partial charge < -0.3 is 10.6 Å². The first-order valence-electron chi connectivity index (χ1n) is 6.75. The van der Waals surface area contributed by atoms with Crippen LogP contribution in [0.5, 0.6) is 0 Å². The minimum Gasteiger partial charge on any atom is -0.353 e. The molecule has 2 N–H and O–H groups in total. The quantitative estimate of drug-likeness (QED) is 0.807. The summed E-state index contributed by atoms with van der Waals surface area (Å²) in [5, 5.41) is 6.53. The molecule has 1 amide bonds. The molecule has 4 atom stereocenters. The Morgan fingerprint density at radius 2 is 2.06 bits per heavy atom. The van der Waals surface area contributed by atoms with Gasteiger partial charge in [-0.2, -0.15) is 0 Å². The second kappa shape index (κ2) is 5.15. The van der Waals surface area contributed by atoms with E-state index in [0.717, 1.165) is 24.9 Å². The van der Waals surface area contributed by atoms with E-state index in [4.69, 9.17) is 0 Å². The van der Waals surface area contributed by atoms with Crippen molar-refractivity contribution < 1.29 is 4.79 Å². The summed E-state index contributed by atoms with van der Waals surface area (Å²) in [6.45, 7) is 4.12. The summed E-state index contributed by atoms with van der Waals surface area (Å²) in [6.07, 6.45) is 5.35. The summed E-state index contributed by atoms with van der Waals surface area (Å²) >= 11 is 0. The van der Waals surface area contributed by atoms with Crippen LogP contribution in [-0.2, 0) is 4.79 Å². The Labute approximate surface area is 110 Å². The van der Waals surface area contributed by atoms with Gasteiger partial charge in [0.1, 0.15) is 0 Å². The Hall–Kier alpha value is -0.280. The van der Waals surface area contributed by atoms with Crippen molar-refractivity contribution in [2.45, 2.75) is 38.6 Å². The van der Waals surface area contributed by atoms with Crippen molar-refractivity contribution in [3.8, 4) is 0 Å². The van der Waals surface area contributed by atoms with Crippen molar-refractivity contribution in [2.24, 2.45) is 23.7 Å². The van der Waals surface area contributed by atoms with Crippen molar-refractivity contribution >= 4 is 18.3 Å². The molecule has 0 aromatic heterocycles. The average molecular weight is 259 g/mol. The zero-order chi connectivity index (χ0) is 11.1. The minimum atomic E-state index is 0. The smallest absolute Gasteiger partial charge is 0.223 e. The lowest BCUT2D eigenvalue weighted by Crippen LogP contribution is -2.51. The van der Waals surface area contributed by atoms with Crippen LogP contribution in [0.15, 0.2) is 0 Å². The molecule has 3 aliphatic rings. The van der Waals surface area contributed by atoms with Crippen LogP contribution in [0.3, 0.4) is 0 Å². The van der Waals surface area contributed by atoms with E-state index in [1.807, 2.05) is 0 Å². The molecule has 3 rings (SSSR count). The van der Waals surface area contributed by atoms with Crippen LogP contribution in [0.4, 0.5) is 0 Å². The third kappa shape index (κ3) is 2.45. The van der Waals surface area contributed by atoms with E-state index in [-0.39, 0.29) is 18.3 Å². The van der Waals surface area contributed by atoms with Gasteiger partial charge in [0.25, 0.3) is 0 Å². The zero-order valence-electron chi connectivity index (χ0n) is 10.4. The molecule has 3 fully saturated rings. The molecule has 4 unspecified atom stereocenters. The van der Waals surface area contributed by atoms with E-state index in [1.54, 1.807) is 0 Å². The predicted octanol–water partition coefficient (Wildman–Crippen LogP) is 1.57. The van der Waals surface area contributed by atoms with Gasteiger partial charge in [0, 0.05) is 12.0 Å². The molecule has 2 aliphatic carbocycles. The Kier molecular flexibility index (Phi) is 3.99. The average Bonchev–Trinajstić information content (AvgIpc) is 2.76. The largest absolute Gasteiger partial charge is 0.353 e. The molecule has 2 bridgehead atoms. The van der Waals surface area contributed by atoms with Crippen molar-refractivity contribution in [2.75, 3.05) is 13.1 Å². The van der Waals surface area contributed by atoms with Gasteiger partial charge in [-0.15, -0.1) is 12.4 Å². The highest BCUT2D eigenvalue weighted by Gasteiger charge is 2.41. The number of fused-ring (bicyclic) bond motifs is 2. The van der Waals surface area contributed by atoms with Gasteiger partial charge in [-0.25, -0.2) is 0 Å². The molecular formula is C13H23ClN2O. The minimum absolute atomic E-state index is 0. The van der Waals surface area contributed by atoms with Gasteiger partial charge in [-0.3, -0.25) is 4.79 Å². The van der Waals surface area contributed by atoms with Crippen LogP contribution in [0.25, 0.3) is 0 Å². The lowest BCUT2D eigenvalue weighted by Gasteiger charge is -2.33. The monoisotopic (exact) mass is 258 g/mol. The highest BCUT2D eigenvalue weighted by molar-refractivity contribution is 5.85. The summed E-state index contributed by atoms with van der Waals surface area (Å²) in [6, 6.07) is 0.502. The van der Waals surface area contributed by atoms with Crippen LogP contribution in [0, 0.1) is 23.7 Å². The third-order valence-corrected chi connectivity index (χ3v) is 5.00. The van der Waals surface area contributed by atoms with Gasteiger partial charge in [0.05, 0.1) is 0 Å². The molecule has 3 nitrogen and oxygen atoms in total. The van der Waals surface area contributed by atoms with E-state index in [2.05, 4.69) is 17.6 Å². The summed E-state index contributed by atoms with van der Waals surface area (Å²) in [7, 11) is 0. The molecule has 0 radical (unpaired) electrons. The van der Waals surface area contributed by atoms with Gasteiger partial charge in [-0.1, -0.05) is 13.3 Å². The highest BCUT2D eigenvalue weighted by Crippen LogP contribution is 2.44. The predicted molar refractivity (Wildman–Crippen MR) is 70.2 cm³/mol. The van der Waals surface area contributed by atoms with Crippen molar-refractivity contribution in [1.82, 2.24) is 10.6 Å². The molecule has 98 valence electrons. The fraction of sp³-hybridized carbons (Fsp3) is 0.923. The van der Waals surface area contributed by atoms with Crippen LogP contribution in [0.1, 0.15) is 32.6 Å². The maximum absolute atomic E-state index is 12.1. The Bertz CT molecular complexity index is 293. The number of amides is 1. The first-order chi connectivity index (χ1) is 7.74. The first-order valence-corrected chi connectivity index (χ1v) is 6.75. The van der Waals surface area contributed by atoms with Crippen LogP contribution < -0.4 is 10.6 Å². The van der Waals surface area contributed by atoms with Gasteiger partial charge >= 0.3 is 0 Å². The fourth-order valence-electron chi connectivity index (χ4n) is 3.61. The van der Waals surface area contributed by atoms with Crippen molar-refractivity contribution in [3.63, 3.8) is 0 Å². The number of halogens is 1. The van der Waals surface area contributed by atoms with Gasteiger partial charge in [0.15, 0.2) is 0 Å². The molecule has 0 aromatic carbocycles. The highest BCUT2D eigenvalue weighted by atomic mass is 35.5. The molecule has 17 heavy (non-hydrogen) atoms. The van der Waals surface area contributed by atoms with E-state index in [0.29, 0.717) is 17.9 Å². The maximum atomic E-state index is 12.1. The Morgan fingerprint density at radius 3 is 2.53 bits per heavy atom. The van der Waals surface area contributed by atoms with Gasteiger partial charge in [-0.05, 0) is 50.1 Å². The molecule has 2 saturated carbocycles. The van der Waals surface area contributed by atoms with Crippen LogP contribution in [-0.4, -0.2) is 25.0 Å². The normalized spacial score (nSPS) is 37.1. The number of nitrogens with one attached hydrogen (secondary N) is 2. The molecule has 1 saturated heterocycles. The van der Waals surface area contributed by atoms with Crippen molar-refractivity contribution in [1.29, 1.82) is 0 Å². The first kappa shape index (κ1) is 13.2. The molecule has 0 spiro atoms. The topological polar surface area (TPSA) is 41.1 Å². The molecule has 1 heterocycles. The lowest BCUT2D eigenvalue weighted by molar-refractivity contribution is -0.127. The summed E-state index contributed by atoms with van der Waals surface area (Å²) < 4.78 is 0. The zero-order valence-corrected chi connectivity index (χ0v) is 11.3. The number of carbonyl (C=O) groups excluding carboxylic acids is 1. The van der Waals surface area contributed by atoms with Crippen LogP contribution >= 0.6 is 12.4 Å². The van der Waals surface area contributed by atoms with E-state index in [9.17, 15) is 4.79 Å². The number of hydrogen-bond donors (Lipinski definition) is 2. The second-order valence-electron chi connectivity index (χ2n) is 6.00. The number of rotatable bonds is 3.